The lowest BCUT2D eigenvalue weighted by molar-refractivity contribution is -0.144. The van der Waals surface area contributed by atoms with Crippen molar-refractivity contribution in [3.05, 3.63) is 83.4 Å². The molecule has 2 fully saturated rings. The summed E-state index contributed by atoms with van der Waals surface area (Å²) in [7, 11) is 0. The van der Waals surface area contributed by atoms with Gasteiger partial charge in [-0.15, -0.1) is 0 Å². The molecule has 2 aromatic carbocycles. The van der Waals surface area contributed by atoms with Crippen molar-refractivity contribution in [2.45, 2.75) is 83.3 Å². The number of fused-ring (bicyclic) bond motifs is 1. The SMILES string of the molecule is Cc1ccc(CN(C(=O)CCN2C(=O)[C@H]3CC=CC[C@H]3C2=O)[C@H](Cc2ccccc2)C(=O)NC2CCCCC2)cc1. The molecular weight excluding hydrogens is 514 g/mol. The second-order valence-corrected chi connectivity index (χ2v) is 11.8. The molecule has 1 N–H and O–H groups in total. The maximum Gasteiger partial charge on any atom is 0.243 e. The predicted octanol–water partition coefficient (Wildman–Crippen LogP) is 4.73. The van der Waals surface area contributed by atoms with Crippen molar-refractivity contribution in [1.29, 1.82) is 0 Å². The first kappa shape index (κ1) is 28.8. The van der Waals surface area contributed by atoms with Crippen molar-refractivity contribution in [2.75, 3.05) is 6.54 Å². The number of rotatable bonds is 10. The van der Waals surface area contributed by atoms with Gasteiger partial charge in [-0.25, -0.2) is 0 Å². The third-order valence-electron chi connectivity index (χ3n) is 8.84. The number of carbonyl (C=O) groups excluding carboxylic acids is 4. The maximum atomic E-state index is 14.0. The van der Waals surface area contributed by atoms with E-state index in [9.17, 15) is 19.2 Å². The molecule has 3 aliphatic rings. The van der Waals surface area contributed by atoms with Gasteiger partial charge in [0, 0.05) is 32.0 Å². The first-order valence-electron chi connectivity index (χ1n) is 15.1. The first-order valence-corrected chi connectivity index (χ1v) is 15.1. The van der Waals surface area contributed by atoms with Gasteiger partial charge < -0.3 is 10.2 Å². The smallest absolute Gasteiger partial charge is 0.243 e. The van der Waals surface area contributed by atoms with Gasteiger partial charge in [0.25, 0.3) is 0 Å². The number of allylic oxidation sites excluding steroid dienone is 2. The zero-order valence-electron chi connectivity index (χ0n) is 24.0. The summed E-state index contributed by atoms with van der Waals surface area (Å²) in [6.07, 6.45) is 10.7. The fourth-order valence-corrected chi connectivity index (χ4v) is 6.43. The Hall–Kier alpha value is -3.74. The number of benzene rings is 2. The second-order valence-electron chi connectivity index (χ2n) is 11.8. The number of carbonyl (C=O) groups is 4. The highest BCUT2D eigenvalue weighted by molar-refractivity contribution is 6.05. The molecule has 7 nitrogen and oxygen atoms in total. The zero-order valence-corrected chi connectivity index (χ0v) is 24.0. The Kier molecular flexibility index (Phi) is 9.32. The molecule has 0 aromatic heterocycles. The van der Waals surface area contributed by atoms with Crippen molar-refractivity contribution >= 4 is 23.6 Å². The van der Waals surface area contributed by atoms with E-state index in [0.717, 1.165) is 42.4 Å². The van der Waals surface area contributed by atoms with Crippen LogP contribution in [0.15, 0.2) is 66.7 Å². The van der Waals surface area contributed by atoms with E-state index in [0.29, 0.717) is 19.3 Å². The van der Waals surface area contributed by atoms with Crippen LogP contribution in [0.2, 0.25) is 0 Å². The number of hydrogen-bond acceptors (Lipinski definition) is 4. The van der Waals surface area contributed by atoms with E-state index in [1.54, 1.807) is 4.90 Å². The molecule has 7 heteroatoms. The van der Waals surface area contributed by atoms with Gasteiger partial charge in [0.05, 0.1) is 11.8 Å². The van der Waals surface area contributed by atoms with E-state index in [4.69, 9.17) is 0 Å². The molecule has 2 aliphatic carbocycles. The molecule has 3 atom stereocenters. The van der Waals surface area contributed by atoms with Crippen LogP contribution >= 0.6 is 0 Å². The van der Waals surface area contributed by atoms with Gasteiger partial charge in [-0.1, -0.05) is 91.6 Å². The standard InChI is InChI=1S/C34H41N3O4/c1-24-16-18-26(19-17-24)23-37(31(38)20-21-36-33(40)28-14-8-9-15-29(28)34(36)41)30(22-25-10-4-2-5-11-25)32(39)35-27-12-6-3-7-13-27/h2,4-5,8-11,16-19,27-30H,3,6-7,12-15,20-23H2,1H3,(H,35,39)/t28-,29+,30-/m1/s1. The summed E-state index contributed by atoms with van der Waals surface area (Å²) in [5.74, 6) is -1.39. The molecule has 0 radical (unpaired) electrons. The Bertz CT molecular complexity index is 1240. The first-order chi connectivity index (χ1) is 19.9. The molecule has 1 saturated carbocycles. The van der Waals surface area contributed by atoms with Crippen LogP contribution < -0.4 is 5.32 Å². The summed E-state index contributed by atoms with van der Waals surface area (Å²) in [6, 6.07) is 17.2. The third kappa shape index (κ3) is 6.95. The van der Waals surface area contributed by atoms with Crippen LogP contribution in [0.5, 0.6) is 0 Å². The van der Waals surface area contributed by atoms with Crippen molar-refractivity contribution in [3.63, 3.8) is 0 Å². The Morgan fingerprint density at radius 1 is 0.878 bits per heavy atom. The molecule has 0 bridgehead atoms. The van der Waals surface area contributed by atoms with E-state index in [1.807, 2.05) is 73.7 Å². The molecule has 5 rings (SSSR count). The van der Waals surface area contributed by atoms with E-state index in [1.165, 1.54) is 11.3 Å². The van der Waals surface area contributed by atoms with E-state index in [-0.39, 0.29) is 61.0 Å². The van der Waals surface area contributed by atoms with Crippen LogP contribution in [0, 0.1) is 18.8 Å². The molecule has 216 valence electrons. The van der Waals surface area contributed by atoms with Gasteiger partial charge in [-0.05, 0) is 43.7 Å². The van der Waals surface area contributed by atoms with E-state index in [2.05, 4.69) is 5.32 Å². The summed E-state index contributed by atoms with van der Waals surface area (Å²) in [5.41, 5.74) is 3.02. The fourth-order valence-electron chi connectivity index (χ4n) is 6.43. The molecule has 41 heavy (non-hydrogen) atoms. The van der Waals surface area contributed by atoms with Crippen LogP contribution in [-0.2, 0) is 32.1 Å². The average molecular weight is 556 g/mol. The summed E-state index contributed by atoms with van der Waals surface area (Å²) in [4.78, 5) is 56.9. The molecule has 0 unspecified atom stereocenters. The number of nitrogens with zero attached hydrogens (tertiary/aromatic N) is 2. The molecule has 1 aliphatic heterocycles. The maximum absolute atomic E-state index is 14.0. The normalized spacial score (nSPS) is 21.4. The summed E-state index contributed by atoms with van der Waals surface area (Å²) in [6.45, 7) is 2.32. The highest BCUT2D eigenvalue weighted by atomic mass is 16.2. The number of hydrogen-bond donors (Lipinski definition) is 1. The topological polar surface area (TPSA) is 86.8 Å². The number of imide groups is 1. The lowest BCUT2D eigenvalue weighted by atomic mass is 9.85. The monoisotopic (exact) mass is 555 g/mol. The Labute approximate surface area is 243 Å². The van der Waals surface area contributed by atoms with Gasteiger partial charge in [0.2, 0.25) is 23.6 Å². The van der Waals surface area contributed by atoms with E-state index < -0.39 is 6.04 Å². The van der Waals surface area contributed by atoms with Crippen LogP contribution in [0.25, 0.3) is 0 Å². The summed E-state index contributed by atoms with van der Waals surface area (Å²) >= 11 is 0. The lowest BCUT2D eigenvalue weighted by Gasteiger charge is -2.34. The van der Waals surface area contributed by atoms with Gasteiger partial charge in [-0.3, -0.25) is 24.1 Å². The zero-order chi connectivity index (χ0) is 28.8. The van der Waals surface area contributed by atoms with Crippen molar-refractivity contribution in [3.8, 4) is 0 Å². The highest BCUT2D eigenvalue weighted by Gasteiger charge is 2.47. The Balaban J connectivity index is 1.38. The van der Waals surface area contributed by atoms with Crippen molar-refractivity contribution < 1.29 is 19.2 Å². The Morgan fingerprint density at radius 2 is 1.51 bits per heavy atom. The molecule has 2 aromatic rings. The van der Waals surface area contributed by atoms with Gasteiger partial charge in [0.15, 0.2) is 0 Å². The number of amides is 4. The Morgan fingerprint density at radius 3 is 2.15 bits per heavy atom. The van der Waals surface area contributed by atoms with Gasteiger partial charge >= 0.3 is 0 Å². The summed E-state index contributed by atoms with van der Waals surface area (Å²) < 4.78 is 0. The number of aryl methyl sites for hydroxylation is 1. The number of likely N-dealkylation sites (tertiary alicyclic amines) is 1. The minimum Gasteiger partial charge on any atom is -0.352 e. The predicted molar refractivity (Wildman–Crippen MR) is 157 cm³/mol. The minimum atomic E-state index is -0.718. The van der Waals surface area contributed by atoms with Gasteiger partial charge in [-0.2, -0.15) is 0 Å². The molecule has 1 saturated heterocycles. The molecule has 4 amide bonds. The van der Waals surface area contributed by atoms with Crippen LogP contribution in [-0.4, -0.2) is 52.1 Å². The number of nitrogens with one attached hydrogen (secondary N) is 1. The highest BCUT2D eigenvalue weighted by Crippen LogP contribution is 2.35. The molecule has 1 heterocycles. The van der Waals surface area contributed by atoms with E-state index >= 15 is 0 Å². The fraction of sp³-hybridized carbons (Fsp3) is 0.471. The largest absolute Gasteiger partial charge is 0.352 e. The van der Waals surface area contributed by atoms with Crippen LogP contribution in [0.3, 0.4) is 0 Å². The minimum absolute atomic E-state index is 0.0157. The van der Waals surface area contributed by atoms with Crippen molar-refractivity contribution in [1.82, 2.24) is 15.1 Å². The average Bonchev–Trinajstić information content (AvgIpc) is 3.24. The second kappa shape index (κ2) is 13.3. The lowest BCUT2D eigenvalue weighted by Crippen LogP contribution is -2.53. The molecule has 0 spiro atoms. The van der Waals surface area contributed by atoms with Crippen LogP contribution in [0.4, 0.5) is 0 Å². The van der Waals surface area contributed by atoms with Gasteiger partial charge in [0.1, 0.15) is 6.04 Å². The van der Waals surface area contributed by atoms with Crippen molar-refractivity contribution in [2.24, 2.45) is 11.8 Å². The van der Waals surface area contributed by atoms with Crippen LogP contribution in [0.1, 0.15) is 68.1 Å². The third-order valence-corrected chi connectivity index (χ3v) is 8.84. The summed E-state index contributed by atoms with van der Waals surface area (Å²) in [5, 5.41) is 3.26. The quantitative estimate of drug-likeness (QED) is 0.339. The molecular formula is C34H41N3O4.